The summed E-state index contributed by atoms with van der Waals surface area (Å²) in [5.74, 6) is -0.00926. The SMILES string of the molecule is CC(C)(C)NC(=O)C1(C)CO1. The zero-order valence-corrected chi connectivity index (χ0v) is 7.52. The van der Waals surface area contributed by atoms with Gasteiger partial charge in [0.25, 0.3) is 5.91 Å². The molecule has 1 rings (SSSR count). The van der Waals surface area contributed by atoms with E-state index in [1.165, 1.54) is 0 Å². The Balaban J connectivity index is 2.45. The van der Waals surface area contributed by atoms with Crippen LogP contribution in [0.3, 0.4) is 0 Å². The van der Waals surface area contributed by atoms with E-state index >= 15 is 0 Å². The largest absolute Gasteiger partial charge is 0.359 e. The van der Waals surface area contributed by atoms with E-state index in [9.17, 15) is 4.79 Å². The van der Waals surface area contributed by atoms with E-state index < -0.39 is 5.60 Å². The Labute approximate surface area is 67.1 Å². The highest BCUT2D eigenvalue weighted by Crippen LogP contribution is 2.26. The van der Waals surface area contributed by atoms with Crippen molar-refractivity contribution in [3.63, 3.8) is 0 Å². The molecule has 0 aliphatic carbocycles. The van der Waals surface area contributed by atoms with Gasteiger partial charge in [0, 0.05) is 5.54 Å². The number of rotatable bonds is 1. The molecule has 1 saturated heterocycles. The third-order valence-electron chi connectivity index (χ3n) is 1.55. The molecule has 1 heterocycles. The van der Waals surface area contributed by atoms with Gasteiger partial charge in [-0.1, -0.05) is 0 Å². The highest BCUT2D eigenvalue weighted by atomic mass is 16.6. The van der Waals surface area contributed by atoms with Gasteiger partial charge in [-0.2, -0.15) is 0 Å². The van der Waals surface area contributed by atoms with Gasteiger partial charge in [0.1, 0.15) is 0 Å². The second-order valence-electron chi connectivity index (χ2n) is 4.22. The van der Waals surface area contributed by atoms with Crippen LogP contribution in [-0.2, 0) is 9.53 Å². The Morgan fingerprint density at radius 1 is 1.55 bits per heavy atom. The number of hydrogen-bond acceptors (Lipinski definition) is 2. The molecule has 1 amide bonds. The maximum Gasteiger partial charge on any atom is 0.254 e. The Hall–Kier alpha value is -0.570. The average molecular weight is 157 g/mol. The van der Waals surface area contributed by atoms with Crippen LogP contribution < -0.4 is 5.32 Å². The molecule has 0 bridgehead atoms. The standard InChI is InChI=1S/C8H15NO2/c1-7(2,3)9-6(10)8(4)5-11-8/h5H2,1-4H3,(H,9,10). The molecule has 11 heavy (non-hydrogen) atoms. The first-order valence-electron chi connectivity index (χ1n) is 3.80. The van der Waals surface area contributed by atoms with Gasteiger partial charge in [0.05, 0.1) is 6.61 Å². The lowest BCUT2D eigenvalue weighted by molar-refractivity contribution is -0.127. The highest BCUT2D eigenvalue weighted by molar-refractivity contribution is 5.87. The van der Waals surface area contributed by atoms with Crippen molar-refractivity contribution in [2.24, 2.45) is 0 Å². The molecule has 1 aliphatic heterocycles. The van der Waals surface area contributed by atoms with Gasteiger partial charge in [0.2, 0.25) is 0 Å². The minimum atomic E-state index is -0.534. The van der Waals surface area contributed by atoms with Crippen LogP contribution in [0.2, 0.25) is 0 Å². The first-order valence-corrected chi connectivity index (χ1v) is 3.80. The van der Waals surface area contributed by atoms with Crippen LogP contribution in [0.25, 0.3) is 0 Å². The smallest absolute Gasteiger partial charge is 0.254 e. The topological polar surface area (TPSA) is 41.6 Å². The Morgan fingerprint density at radius 2 is 2.00 bits per heavy atom. The van der Waals surface area contributed by atoms with Gasteiger partial charge in [-0.3, -0.25) is 4.79 Å². The molecular formula is C8H15NO2. The molecule has 0 spiro atoms. The molecule has 1 N–H and O–H groups in total. The summed E-state index contributed by atoms with van der Waals surface area (Å²) in [6, 6.07) is 0. The van der Waals surface area contributed by atoms with Crippen molar-refractivity contribution in [2.45, 2.75) is 38.8 Å². The summed E-state index contributed by atoms with van der Waals surface area (Å²) >= 11 is 0. The van der Waals surface area contributed by atoms with Gasteiger partial charge >= 0.3 is 0 Å². The van der Waals surface area contributed by atoms with Crippen molar-refractivity contribution >= 4 is 5.91 Å². The quantitative estimate of drug-likeness (QED) is 0.569. The molecule has 0 aromatic heterocycles. The predicted molar refractivity (Wildman–Crippen MR) is 42.3 cm³/mol. The van der Waals surface area contributed by atoms with E-state index in [4.69, 9.17) is 4.74 Å². The number of hydrogen-bond donors (Lipinski definition) is 1. The fourth-order valence-corrected chi connectivity index (χ4v) is 0.712. The first-order chi connectivity index (χ1) is 4.83. The van der Waals surface area contributed by atoms with Crippen LogP contribution in [0.15, 0.2) is 0 Å². The van der Waals surface area contributed by atoms with E-state index in [0.717, 1.165) is 0 Å². The van der Waals surface area contributed by atoms with Crippen molar-refractivity contribution in [3.05, 3.63) is 0 Å². The molecule has 0 saturated carbocycles. The van der Waals surface area contributed by atoms with Gasteiger partial charge < -0.3 is 10.1 Å². The first kappa shape index (κ1) is 8.53. The van der Waals surface area contributed by atoms with Crippen molar-refractivity contribution in [1.82, 2.24) is 5.32 Å². The van der Waals surface area contributed by atoms with E-state index in [1.54, 1.807) is 6.92 Å². The third kappa shape index (κ3) is 2.19. The molecule has 1 unspecified atom stereocenters. The van der Waals surface area contributed by atoms with Gasteiger partial charge in [0.15, 0.2) is 5.60 Å². The van der Waals surface area contributed by atoms with Crippen molar-refractivity contribution < 1.29 is 9.53 Å². The lowest BCUT2D eigenvalue weighted by Crippen LogP contribution is -2.46. The monoisotopic (exact) mass is 157 g/mol. The second-order valence-corrected chi connectivity index (χ2v) is 4.22. The van der Waals surface area contributed by atoms with Crippen molar-refractivity contribution in [3.8, 4) is 0 Å². The maximum atomic E-state index is 11.3. The molecule has 3 nitrogen and oxygen atoms in total. The Bertz CT molecular complexity index is 177. The van der Waals surface area contributed by atoms with Crippen LogP contribution in [0.4, 0.5) is 0 Å². The number of epoxide rings is 1. The summed E-state index contributed by atoms with van der Waals surface area (Å²) in [6.07, 6.45) is 0. The van der Waals surface area contributed by atoms with Gasteiger partial charge in [-0.15, -0.1) is 0 Å². The average Bonchev–Trinajstić information content (AvgIpc) is 2.44. The molecule has 1 fully saturated rings. The summed E-state index contributed by atoms with van der Waals surface area (Å²) in [5, 5.41) is 2.86. The molecule has 0 radical (unpaired) electrons. The molecule has 3 heteroatoms. The number of nitrogens with one attached hydrogen (secondary N) is 1. The summed E-state index contributed by atoms with van der Waals surface area (Å²) in [7, 11) is 0. The molecule has 0 aromatic rings. The van der Waals surface area contributed by atoms with Gasteiger partial charge in [-0.05, 0) is 27.7 Å². The van der Waals surface area contributed by atoms with E-state index in [1.807, 2.05) is 20.8 Å². The number of amides is 1. The number of carbonyl (C=O) groups is 1. The number of carbonyl (C=O) groups excluding carboxylic acids is 1. The molecule has 1 atom stereocenters. The summed E-state index contributed by atoms with van der Waals surface area (Å²) in [6.45, 7) is 8.22. The zero-order valence-electron chi connectivity index (χ0n) is 7.52. The van der Waals surface area contributed by atoms with E-state index in [-0.39, 0.29) is 11.4 Å². The van der Waals surface area contributed by atoms with E-state index in [0.29, 0.717) is 6.61 Å². The number of ether oxygens (including phenoxy) is 1. The molecule has 1 aliphatic rings. The van der Waals surface area contributed by atoms with Crippen LogP contribution in [0, 0.1) is 0 Å². The molecule has 64 valence electrons. The zero-order chi connectivity index (χ0) is 8.70. The highest BCUT2D eigenvalue weighted by Gasteiger charge is 2.48. The Morgan fingerprint density at radius 3 is 2.27 bits per heavy atom. The third-order valence-corrected chi connectivity index (χ3v) is 1.55. The second kappa shape index (κ2) is 2.21. The molecule has 0 aromatic carbocycles. The van der Waals surface area contributed by atoms with Crippen molar-refractivity contribution in [2.75, 3.05) is 6.61 Å². The lowest BCUT2D eigenvalue weighted by atomic mass is 10.1. The Kier molecular flexibility index (Phi) is 1.71. The van der Waals surface area contributed by atoms with E-state index in [2.05, 4.69) is 5.32 Å². The van der Waals surface area contributed by atoms with Crippen LogP contribution in [0.5, 0.6) is 0 Å². The normalized spacial score (nSPS) is 29.8. The minimum Gasteiger partial charge on any atom is -0.359 e. The molecular weight excluding hydrogens is 142 g/mol. The fourth-order valence-electron chi connectivity index (χ4n) is 0.712. The minimum absolute atomic E-state index is 0.00926. The summed E-state index contributed by atoms with van der Waals surface area (Å²) in [5.41, 5.74) is -0.695. The predicted octanol–water partition coefficient (Wildman–Crippen LogP) is 0.690. The van der Waals surface area contributed by atoms with Crippen LogP contribution in [-0.4, -0.2) is 23.7 Å². The lowest BCUT2D eigenvalue weighted by Gasteiger charge is -2.21. The maximum absolute atomic E-state index is 11.3. The fraction of sp³-hybridized carbons (Fsp3) is 0.875. The van der Waals surface area contributed by atoms with Crippen LogP contribution >= 0.6 is 0 Å². The summed E-state index contributed by atoms with van der Waals surface area (Å²) in [4.78, 5) is 11.3. The van der Waals surface area contributed by atoms with Gasteiger partial charge in [-0.25, -0.2) is 0 Å². The van der Waals surface area contributed by atoms with Crippen LogP contribution in [0.1, 0.15) is 27.7 Å². The summed E-state index contributed by atoms with van der Waals surface area (Å²) < 4.78 is 4.99. The van der Waals surface area contributed by atoms with Crippen molar-refractivity contribution in [1.29, 1.82) is 0 Å².